The quantitative estimate of drug-likeness (QED) is 0.883. The molecule has 0 bridgehead atoms. The van der Waals surface area contributed by atoms with E-state index in [9.17, 15) is 13.2 Å². The van der Waals surface area contributed by atoms with Crippen molar-refractivity contribution in [2.75, 3.05) is 11.4 Å². The SMILES string of the molecule is OCc1cccc(N(CC(F)(F)F)C2CC2)n1. The Morgan fingerprint density at radius 1 is 1.35 bits per heavy atom. The zero-order chi connectivity index (χ0) is 12.5. The highest BCUT2D eigenvalue weighted by Crippen LogP contribution is 2.33. The third-order valence-electron chi connectivity index (χ3n) is 2.59. The Bertz CT molecular complexity index is 391. The fourth-order valence-electron chi connectivity index (χ4n) is 1.69. The van der Waals surface area contributed by atoms with Gasteiger partial charge in [-0.25, -0.2) is 4.98 Å². The number of alkyl halides is 3. The highest BCUT2D eigenvalue weighted by molar-refractivity contribution is 5.42. The highest BCUT2D eigenvalue weighted by Gasteiger charge is 2.38. The normalized spacial score (nSPS) is 16.0. The molecule has 1 heterocycles. The first kappa shape index (κ1) is 12.2. The maximum Gasteiger partial charge on any atom is 0.405 e. The van der Waals surface area contributed by atoms with Crippen molar-refractivity contribution in [3.05, 3.63) is 23.9 Å². The molecule has 6 heteroatoms. The molecule has 1 fully saturated rings. The molecule has 0 saturated heterocycles. The average molecular weight is 246 g/mol. The summed E-state index contributed by atoms with van der Waals surface area (Å²) in [5, 5.41) is 8.93. The van der Waals surface area contributed by atoms with Crippen LogP contribution in [-0.4, -0.2) is 28.9 Å². The molecule has 1 aromatic rings. The maximum atomic E-state index is 12.4. The molecule has 0 aliphatic heterocycles. The van der Waals surface area contributed by atoms with Gasteiger partial charge in [0.15, 0.2) is 0 Å². The van der Waals surface area contributed by atoms with Gasteiger partial charge >= 0.3 is 6.18 Å². The number of aliphatic hydroxyl groups excluding tert-OH is 1. The maximum absolute atomic E-state index is 12.4. The Morgan fingerprint density at radius 2 is 2.06 bits per heavy atom. The molecule has 0 unspecified atom stereocenters. The van der Waals surface area contributed by atoms with Crippen LogP contribution < -0.4 is 4.90 Å². The molecule has 1 aromatic heterocycles. The van der Waals surface area contributed by atoms with E-state index in [1.165, 1.54) is 4.90 Å². The van der Waals surface area contributed by atoms with Crippen LogP contribution in [0.2, 0.25) is 0 Å². The minimum absolute atomic E-state index is 0.0712. The smallest absolute Gasteiger partial charge is 0.390 e. The van der Waals surface area contributed by atoms with Gasteiger partial charge in [-0.2, -0.15) is 13.2 Å². The second kappa shape index (κ2) is 4.52. The molecule has 2 rings (SSSR count). The third kappa shape index (κ3) is 3.33. The summed E-state index contributed by atoms with van der Waals surface area (Å²) in [5.74, 6) is 0.288. The van der Waals surface area contributed by atoms with Crippen molar-refractivity contribution in [1.29, 1.82) is 0 Å². The third-order valence-corrected chi connectivity index (χ3v) is 2.59. The van der Waals surface area contributed by atoms with Gasteiger partial charge in [-0.1, -0.05) is 6.07 Å². The second-order valence-electron chi connectivity index (χ2n) is 4.12. The number of aromatic nitrogens is 1. The van der Waals surface area contributed by atoms with E-state index in [2.05, 4.69) is 4.98 Å². The second-order valence-corrected chi connectivity index (χ2v) is 4.12. The minimum atomic E-state index is -4.24. The first-order valence-corrected chi connectivity index (χ1v) is 5.40. The Balaban J connectivity index is 2.19. The van der Waals surface area contributed by atoms with Crippen molar-refractivity contribution in [3.63, 3.8) is 0 Å². The Hall–Kier alpha value is -1.30. The average Bonchev–Trinajstić information content (AvgIpc) is 3.09. The van der Waals surface area contributed by atoms with Gasteiger partial charge in [0.25, 0.3) is 0 Å². The molecule has 1 N–H and O–H groups in total. The Morgan fingerprint density at radius 3 is 2.59 bits per heavy atom. The van der Waals surface area contributed by atoms with Crippen LogP contribution in [0.1, 0.15) is 18.5 Å². The predicted molar refractivity (Wildman–Crippen MR) is 56.6 cm³/mol. The molecule has 0 aromatic carbocycles. The molecule has 3 nitrogen and oxygen atoms in total. The van der Waals surface area contributed by atoms with E-state index in [1.807, 2.05) is 0 Å². The lowest BCUT2D eigenvalue weighted by molar-refractivity contribution is -0.120. The fraction of sp³-hybridized carbons (Fsp3) is 0.545. The van der Waals surface area contributed by atoms with E-state index in [0.29, 0.717) is 5.69 Å². The van der Waals surface area contributed by atoms with Crippen LogP contribution in [0.5, 0.6) is 0 Å². The van der Waals surface area contributed by atoms with Gasteiger partial charge in [0.1, 0.15) is 12.4 Å². The summed E-state index contributed by atoms with van der Waals surface area (Å²) >= 11 is 0. The van der Waals surface area contributed by atoms with Crippen LogP contribution in [-0.2, 0) is 6.61 Å². The van der Waals surface area contributed by atoms with E-state index in [-0.39, 0.29) is 18.5 Å². The van der Waals surface area contributed by atoms with Crippen molar-refractivity contribution < 1.29 is 18.3 Å². The number of hydrogen-bond donors (Lipinski definition) is 1. The van der Waals surface area contributed by atoms with Crippen molar-refractivity contribution in [3.8, 4) is 0 Å². The summed E-state index contributed by atoms with van der Waals surface area (Å²) in [6.45, 7) is -1.25. The number of aliphatic hydroxyl groups is 1. The van der Waals surface area contributed by atoms with E-state index in [1.54, 1.807) is 18.2 Å². The summed E-state index contributed by atoms with van der Waals surface area (Å²) < 4.78 is 37.3. The molecule has 0 spiro atoms. The highest BCUT2D eigenvalue weighted by atomic mass is 19.4. The van der Waals surface area contributed by atoms with E-state index >= 15 is 0 Å². The van der Waals surface area contributed by atoms with Crippen LogP contribution in [0.3, 0.4) is 0 Å². The lowest BCUT2D eigenvalue weighted by Crippen LogP contribution is -2.36. The van der Waals surface area contributed by atoms with Crippen LogP contribution in [0.4, 0.5) is 19.0 Å². The van der Waals surface area contributed by atoms with Gasteiger partial charge in [-0.3, -0.25) is 0 Å². The molecular formula is C11H13F3N2O. The molecule has 0 amide bonds. The number of halogens is 3. The summed E-state index contributed by atoms with van der Waals surface area (Å²) in [6, 6.07) is 4.67. The number of nitrogens with zero attached hydrogens (tertiary/aromatic N) is 2. The number of pyridine rings is 1. The fourth-order valence-corrected chi connectivity index (χ4v) is 1.69. The molecule has 94 valence electrons. The number of hydrogen-bond acceptors (Lipinski definition) is 3. The van der Waals surface area contributed by atoms with Gasteiger partial charge in [0.2, 0.25) is 0 Å². The lowest BCUT2D eigenvalue weighted by Gasteiger charge is -2.25. The van der Waals surface area contributed by atoms with Gasteiger partial charge in [0.05, 0.1) is 12.3 Å². The summed E-state index contributed by atoms with van der Waals surface area (Å²) in [6.07, 6.45) is -2.71. The zero-order valence-electron chi connectivity index (χ0n) is 9.11. The van der Waals surface area contributed by atoms with Gasteiger partial charge in [0, 0.05) is 6.04 Å². The number of rotatable bonds is 4. The van der Waals surface area contributed by atoms with Crippen LogP contribution in [0.25, 0.3) is 0 Å². The van der Waals surface area contributed by atoms with Crippen LogP contribution >= 0.6 is 0 Å². The lowest BCUT2D eigenvalue weighted by atomic mass is 10.3. The van der Waals surface area contributed by atoms with E-state index in [4.69, 9.17) is 5.11 Å². The van der Waals surface area contributed by atoms with Gasteiger partial charge in [-0.05, 0) is 25.0 Å². The van der Waals surface area contributed by atoms with E-state index < -0.39 is 12.7 Å². The number of anilines is 1. The van der Waals surface area contributed by atoms with E-state index in [0.717, 1.165) is 12.8 Å². The Kier molecular flexibility index (Phi) is 3.24. The standard InChI is InChI=1S/C11H13F3N2O/c12-11(13,14)7-16(9-4-5-9)10-3-1-2-8(6-17)15-10/h1-3,9,17H,4-7H2. The van der Waals surface area contributed by atoms with Crippen molar-refractivity contribution in [2.24, 2.45) is 0 Å². The van der Waals surface area contributed by atoms with Crippen molar-refractivity contribution in [1.82, 2.24) is 4.98 Å². The predicted octanol–water partition coefficient (Wildman–Crippen LogP) is 2.10. The topological polar surface area (TPSA) is 36.4 Å². The zero-order valence-corrected chi connectivity index (χ0v) is 9.11. The van der Waals surface area contributed by atoms with Crippen molar-refractivity contribution in [2.45, 2.75) is 31.7 Å². The molecule has 1 aliphatic rings. The largest absolute Gasteiger partial charge is 0.405 e. The Labute approximate surface area is 96.9 Å². The summed E-state index contributed by atoms with van der Waals surface area (Å²) in [4.78, 5) is 5.28. The molecule has 17 heavy (non-hydrogen) atoms. The molecule has 0 atom stereocenters. The molecule has 1 aliphatic carbocycles. The van der Waals surface area contributed by atoms with Crippen LogP contribution in [0.15, 0.2) is 18.2 Å². The molecular weight excluding hydrogens is 233 g/mol. The summed E-state index contributed by atoms with van der Waals surface area (Å²) in [5.41, 5.74) is 0.385. The monoisotopic (exact) mass is 246 g/mol. The van der Waals surface area contributed by atoms with Gasteiger partial charge in [-0.15, -0.1) is 0 Å². The molecule has 1 saturated carbocycles. The molecule has 0 radical (unpaired) electrons. The first-order chi connectivity index (χ1) is 7.99. The van der Waals surface area contributed by atoms with Crippen molar-refractivity contribution >= 4 is 5.82 Å². The minimum Gasteiger partial charge on any atom is -0.390 e. The summed E-state index contributed by atoms with van der Waals surface area (Å²) in [7, 11) is 0. The van der Waals surface area contributed by atoms with Crippen LogP contribution in [0, 0.1) is 0 Å². The van der Waals surface area contributed by atoms with Gasteiger partial charge < -0.3 is 10.0 Å². The first-order valence-electron chi connectivity index (χ1n) is 5.40.